The molecule has 0 bridgehead atoms. The molecule has 0 aromatic carbocycles. The van der Waals surface area contributed by atoms with Gasteiger partial charge in [0.25, 0.3) is 0 Å². The molecule has 0 saturated heterocycles. The lowest BCUT2D eigenvalue weighted by molar-refractivity contribution is -0.126. The van der Waals surface area contributed by atoms with Crippen molar-refractivity contribution in [2.24, 2.45) is 17.6 Å². The van der Waals surface area contributed by atoms with Crippen LogP contribution < -0.4 is 11.1 Å². The predicted molar refractivity (Wildman–Crippen MR) is 64.8 cm³/mol. The molecule has 94 valence electrons. The first-order valence-electron chi connectivity index (χ1n) is 6.61. The number of nitriles is 1. The Kier molecular flexibility index (Phi) is 3.68. The molecule has 1 amide bonds. The van der Waals surface area contributed by atoms with E-state index in [1.165, 1.54) is 19.3 Å². The van der Waals surface area contributed by atoms with Gasteiger partial charge in [0.1, 0.15) is 5.54 Å². The van der Waals surface area contributed by atoms with E-state index in [2.05, 4.69) is 11.4 Å². The lowest BCUT2D eigenvalue weighted by Gasteiger charge is -2.32. The zero-order chi connectivity index (χ0) is 12.3. The maximum Gasteiger partial charge on any atom is 0.223 e. The third kappa shape index (κ3) is 2.98. The van der Waals surface area contributed by atoms with E-state index in [0.717, 1.165) is 19.4 Å². The van der Waals surface area contributed by atoms with Crippen LogP contribution in [-0.4, -0.2) is 18.0 Å². The topological polar surface area (TPSA) is 78.9 Å². The SMILES string of the molecule is N#CC1(N)CCC(C(=O)NCC2CCC2)CC1. The van der Waals surface area contributed by atoms with Crippen LogP contribution in [-0.2, 0) is 4.79 Å². The van der Waals surface area contributed by atoms with Gasteiger partial charge in [0.2, 0.25) is 5.91 Å². The summed E-state index contributed by atoms with van der Waals surface area (Å²) in [5, 5.41) is 12.0. The Balaban J connectivity index is 1.72. The molecule has 2 aliphatic rings. The molecule has 0 unspecified atom stereocenters. The second-order valence-corrected chi connectivity index (χ2v) is 5.58. The average Bonchev–Trinajstić information content (AvgIpc) is 2.28. The molecule has 0 aromatic heterocycles. The minimum absolute atomic E-state index is 0.0695. The van der Waals surface area contributed by atoms with Crippen molar-refractivity contribution in [3.63, 3.8) is 0 Å². The summed E-state index contributed by atoms with van der Waals surface area (Å²) < 4.78 is 0. The third-order valence-electron chi connectivity index (χ3n) is 4.26. The lowest BCUT2D eigenvalue weighted by Crippen LogP contribution is -2.45. The fourth-order valence-corrected chi connectivity index (χ4v) is 2.59. The number of hydrogen-bond acceptors (Lipinski definition) is 3. The van der Waals surface area contributed by atoms with Crippen LogP contribution in [0.15, 0.2) is 0 Å². The smallest absolute Gasteiger partial charge is 0.223 e. The van der Waals surface area contributed by atoms with E-state index in [9.17, 15) is 4.79 Å². The molecular formula is C13H21N3O. The van der Waals surface area contributed by atoms with Gasteiger partial charge in [0.05, 0.1) is 6.07 Å². The van der Waals surface area contributed by atoms with Crippen LogP contribution in [0.3, 0.4) is 0 Å². The molecule has 0 radical (unpaired) electrons. The van der Waals surface area contributed by atoms with Gasteiger partial charge >= 0.3 is 0 Å². The summed E-state index contributed by atoms with van der Waals surface area (Å²) in [6, 6.07) is 2.15. The minimum atomic E-state index is -0.690. The molecule has 2 fully saturated rings. The first-order valence-corrected chi connectivity index (χ1v) is 6.61. The van der Waals surface area contributed by atoms with Crippen LogP contribution >= 0.6 is 0 Å². The van der Waals surface area contributed by atoms with E-state index in [1.54, 1.807) is 0 Å². The van der Waals surface area contributed by atoms with E-state index in [4.69, 9.17) is 11.0 Å². The van der Waals surface area contributed by atoms with Crippen molar-refractivity contribution < 1.29 is 4.79 Å². The fourth-order valence-electron chi connectivity index (χ4n) is 2.59. The summed E-state index contributed by atoms with van der Waals surface area (Å²) >= 11 is 0. The van der Waals surface area contributed by atoms with Gasteiger partial charge in [-0.15, -0.1) is 0 Å². The number of nitrogens with two attached hydrogens (primary N) is 1. The number of hydrogen-bond donors (Lipinski definition) is 2. The van der Waals surface area contributed by atoms with Gasteiger partial charge in [0, 0.05) is 12.5 Å². The minimum Gasteiger partial charge on any atom is -0.356 e. The largest absolute Gasteiger partial charge is 0.356 e. The number of carbonyl (C=O) groups excluding carboxylic acids is 1. The van der Waals surface area contributed by atoms with E-state index in [-0.39, 0.29) is 11.8 Å². The normalized spacial score (nSPS) is 33.5. The molecule has 4 nitrogen and oxygen atoms in total. The maximum atomic E-state index is 11.9. The van der Waals surface area contributed by atoms with Crippen molar-refractivity contribution in [3.05, 3.63) is 0 Å². The van der Waals surface area contributed by atoms with Crippen LogP contribution in [0.4, 0.5) is 0 Å². The van der Waals surface area contributed by atoms with Crippen molar-refractivity contribution in [1.82, 2.24) is 5.32 Å². The molecule has 0 spiro atoms. The van der Waals surface area contributed by atoms with E-state index in [1.807, 2.05) is 0 Å². The van der Waals surface area contributed by atoms with Crippen molar-refractivity contribution in [1.29, 1.82) is 5.26 Å². The Morgan fingerprint density at radius 1 is 1.35 bits per heavy atom. The molecule has 0 aromatic rings. The van der Waals surface area contributed by atoms with Gasteiger partial charge in [-0.05, 0) is 44.4 Å². The van der Waals surface area contributed by atoms with Crippen molar-refractivity contribution in [3.8, 4) is 6.07 Å². The highest BCUT2D eigenvalue weighted by molar-refractivity contribution is 5.78. The molecule has 2 rings (SSSR count). The Bertz CT molecular complexity index is 322. The van der Waals surface area contributed by atoms with Gasteiger partial charge in [-0.3, -0.25) is 4.79 Å². The highest BCUT2D eigenvalue weighted by Gasteiger charge is 2.34. The highest BCUT2D eigenvalue weighted by Crippen LogP contribution is 2.30. The highest BCUT2D eigenvalue weighted by atomic mass is 16.1. The van der Waals surface area contributed by atoms with Gasteiger partial charge in [-0.1, -0.05) is 6.42 Å². The molecule has 2 aliphatic carbocycles. The lowest BCUT2D eigenvalue weighted by atomic mass is 9.77. The zero-order valence-corrected chi connectivity index (χ0v) is 10.2. The predicted octanol–water partition coefficient (Wildman–Crippen LogP) is 1.31. The fraction of sp³-hybridized carbons (Fsp3) is 0.846. The van der Waals surface area contributed by atoms with Crippen molar-refractivity contribution in [2.75, 3.05) is 6.54 Å². The Morgan fingerprint density at radius 3 is 2.47 bits per heavy atom. The summed E-state index contributed by atoms with van der Waals surface area (Å²) in [4.78, 5) is 11.9. The van der Waals surface area contributed by atoms with Gasteiger partial charge in [0.15, 0.2) is 0 Å². The van der Waals surface area contributed by atoms with E-state index in [0.29, 0.717) is 18.8 Å². The van der Waals surface area contributed by atoms with Crippen molar-refractivity contribution >= 4 is 5.91 Å². The Morgan fingerprint density at radius 2 is 2.00 bits per heavy atom. The number of nitrogens with one attached hydrogen (secondary N) is 1. The summed E-state index contributed by atoms with van der Waals surface area (Å²) in [5.74, 6) is 0.937. The number of carbonyl (C=O) groups is 1. The number of amides is 1. The van der Waals surface area contributed by atoms with Crippen LogP contribution in [0.25, 0.3) is 0 Å². The van der Waals surface area contributed by atoms with Crippen LogP contribution in [0.2, 0.25) is 0 Å². The third-order valence-corrected chi connectivity index (χ3v) is 4.26. The first kappa shape index (κ1) is 12.4. The Labute approximate surface area is 103 Å². The van der Waals surface area contributed by atoms with Gasteiger partial charge < -0.3 is 11.1 Å². The monoisotopic (exact) mass is 235 g/mol. The molecule has 0 aliphatic heterocycles. The quantitative estimate of drug-likeness (QED) is 0.774. The average molecular weight is 235 g/mol. The standard InChI is InChI=1S/C13H21N3O/c14-9-13(15)6-4-11(5-7-13)12(17)16-8-10-2-1-3-10/h10-11H,1-8,15H2,(H,16,17). The Hall–Kier alpha value is -1.08. The first-order chi connectivity index (χ1) is 8.13. The molecule has 4 heteroatoms. The van der Waals surface area contributed by atoms with E-state index < -0.39 is 5.54 Å². The molecule has 17 heavy (non-hydrogen) atoms. The molecule has 0 atom stereocenters. The summed E-state index contributed by atoms with van der Waals surface area (Å²) in [5.41, 5.74) is 5.19. The van der Waals surface area contributed by atoms with E-state index >= 15 is 0 Å². The molecular weight excluding hydrogens is 214 g/mol. The van der Waals surface area contributed by atoms with Crippen LogP contribution in [0.1, 0.15) is 44.9 Å². The molecule has 3 N–H and O–H groups in total. The number of rotatable bonds is 3. The van der Waals surface area contributed by atoms with Crippen LogP contribution in [0.5, 0.6) is 0 Å². The van der Waals surface area contributed by atoms with Crippen molar-refractivity contribution in [2.45, 2.75) is 50.5 Å². The second-order valence-electron chi connectivity index (χ2n) is 5.58. The summed E-state index contributed by atoms with van der Waals surface area (Å²) in [7, 11) is 0. The molecule has 0 heterocycles. The zero-order valence-electron chi connectivity index (χ0n) is 10.2. The summed E-state index contributed by atoms with van der Waals surface area (Å²) in [6.07, 6.45) is 6.61. The van der Waals surface area contributed by atoms with Gasteiger partial charge in [-0.25, -0.2) is 0 Å². The molecule has 2 saturated carbocycles. The number of nitrogens with zero attached hydrogens (tertiary/aromatic N) is 1. The maximum absolute atomic E-state index is 11.9. The van der Waals surface area contributed by atoms with Gasteiger partial charge in [-0.2, -0.15) is 5.26 Å². The summed E-state index contributed by atoms with van der Waals surface area (Å²) in [6.45, 7) is 0.835. The second kappa shape index (κ2) is 5.05. The van der Waals surface area contributed by atoms with Crippen LogP contribution in [0, 0.1) is 23.2 Å².